The minimum Gasteiger partial charge on any atom is -0.487 e. The highest BCUT2D eigenvalue weighted by molar-refractivity contribution is 6.31. The molecule has 0 aliphatic carbocycles. The molecule has 0 unspecified atom stereocenters. The van der Waals surface area contributed by atoms with Crippen molar-refractivity contribution >= 4 is 40.6 Å². The Balaban J connectivity index is 1.54. The van der Waals surface area contributed by atoms with Gasteiger partial charge in [-0.15, -0.1) is 0 Å². The number of nitrogens with zero attached hydrogens (tertiary/aromatic N) is 1. The summed E-state index contributed by atoms with van der Waals surface area (Å²) in [6, 6.07) is 13.4. The number of hydrogen-bond donors (Lipinski definition) is 2. The van der Waals surface area contributed by atoms with Gasteiger partial charge in [0.2, 0.25) is 0 Å². The van der Waals surface area contributed by atoms with Crippen LogP contribution in [0, 0.1) is 0 Å². The Morgan fingerprint density at radius 2 is 1.53 bits per heavy atom. The van der Waals surface area contributed by atoms with Crippen LogP contribution < -0.4 is 15.4 Å². The molecule has 2 N–H and O–H groups in total. The minimum absolute atomic E-state index is 0.110. The molecule has 2 aromatic carbocycles. The summed E-state index contributed by atoms with van der Waals surface area (Å²) in [6.07, 6.45) is -3.81. The highest BCUT2D eigenvalue weighted by atomic mass is 35.5. The van der Waals surface area contributed by atoms with Crippen molar-refractivity contribution in [3.63, 3.8) is 0 Å². The lowest BCUT2D eigenvalue weighted by Crippen LogP contribution is -2.19. The predicted molar refractivity (Wildman–Crippen MR) is 109 cm³/mol. The molecule has 2 amide bonds. The van der Waals surface area contributed by atoms with Crippen LogP contribution >= 0.6 is 23.2 Å². The zero-order chi connectivity index (χ0) is 21.7. The molecular formula is C20H14Cl2F3N3O2. The molecule has 0 saturated carbocycles. The van der Waals surface area contributed by atoms with E-state index in [1.165, 1.54) is 0 Å². The van der Waals surface area contributed by atoms with Crippen molar-refractivity contribution in [2.24, 2.45) is 0 Å². The van der Waals surface area contributed by atoms with Gasteiger partial charge in [-0.25, -0.2) is 4.79 Å². The lowest BCUT2D eigenvalue weighted by Gasteiger charge is -2.11. The lowest BCUT2D eigenvalue weighted by atomic mass is 10.2. The van der Waals surface area contributed by atoms with E-state index in [1.807, 2.05) is 0 Å². The topological polar surface area (TPSA) is 63.2 Å². The summed E-state index contributed by atoms with van der Waals surface area (Å²) in [7, 11) is 0. The number of alkyl halides is 3. The van der Waals surface area contributed by atoms with Gasteiger partial charge < -0.3 is 15.4 Å². The average molecular weight is 456 g/mol. The first-order chi connectivity index (χ1) is 14.2. The zero-order valence-electron chi connectivity index (χ0n) is 15.1. The van der Waals surface area contributed by atoms with Crippen LogP contribution in [-0.4, -0.2) is 11.0 Å². The van der Waals surface area contributed by atoms with E-state index >= 15 is 0 Å². The van der Waals surface area contributed by atoms with Gasteiger partial charge in [0, 0.05) is 22.6 Å². The Bertz CT molecular complexity index is 1030. The maximum Gasteiger partial charge on any atom is 0.417 e. The largest absolute Gasteiger partial charge is 0.487 e. The van der Waals surface area contributed by atoms with Gasteiger partial charge in [-0.05, 0) is 54.6 Å². The molecule has 10 heteroatoms. The first kappa shape index (κ1) is 21.7. The molecule has 3 rings (SSSR count). The maximum atomic E-state index is 12.6. The van der Waals surface area contributed by atoms with Crippen molar-refractivity contribution in [1.82, 2.24) is 4.98 Å². The fourth-order valence-electron chi connectivity index (χ4n) is 2.34. The number of nitrogens with one attached hydrogen (secondary N) is 2. The average Bonchev–Trinajstić information content (AvgIpc) is 2.69. The van der Waals surface area contributed by atoms with Gasteiger partial charge in [0.1, 0.15) is 12.4 Å². The van der Waals surface area contributed by atoms with Crippen molar-refractivity contribution in [2.75, 3.05) is 10.6 Å². The van der Waals surface area contributed by atoms with E-state index in [9.17, 15) is 18.0 Å². The molecule has 0 bridgehead atoms. The fourth-order valence-corrected chi connectivity index (χ4v) is 2.69. The van der Waals surface area contributed by atoms with Crippen LogP contribution in [0.5, 0.6) is 5.75 Å². The maximum absolute atomic E-state index is 12.6. The quantitative estimate of drug-likeness (QED) is 0.453. The van der Waals surface area contributed by atoms with Crippen molar-refractivity contribution in [3.05, 3.63) is 82.1 Å². The lowest BCUT2D eigenvalue weighted by molar-refractivity contribution is -0.137. The Labute approximate surface area is 179 Å². The van der Waals surface area contributed by atoms with E-state index in [2.05, 4.69) is 15.6 Å². The molecule has 0 saturated heterocycles. The zero-order valence-corrected chi connectivity index (χ0v) is 16.6. The van der Waals surface area contributed by atoms with Crippen LogP contribution in [0.1, 0.15) is 11.3 Å². The molecule has 0 fully saturated rings. The summed E-state index contributed by atoms with van der Waals surface area (Å²) in [5, 5.41) is 5.74. The van der Waals surface area contributed by atoms with Crippen LogP contribution in [0.15, 0.2) is 60.8 Å². The molecular weight excluding hydrogens is 442 g/mol. The Morgan fingerprint density at radius 1 is 0.967 bits per heavy atom. The number of ether oxygens (including phenoxy) is 1. The van der Waals surface area contributed by atoms with E-state index in [1.54, 1.807) is 48.5 Å². The number of anilines is 2. The molecule has 0 aliphatic rings. The Kier molecular flexibility index (Phi) is 6.69. The molecule has 0 aliphatic heterocycles. The van der Waals surface area contributed by atoms with E-state index < -0.39 is 17.8 Å². The van der Waals surface area contributed by atoms with E-state index in [-0.39, 0.29) is 17.3 Å². The van der Waals surface area contributed by atoms with E-state index in [0.29, 0.717) is 28.3 Å². The van der Waals surface area contributed by atoms with Gasteiger partial charge in [0.15, 0.2) is 0 Å². The third-order valence-electron chi connectivity index (χ3n) is 3.83. The number of rotatable bonds is 5. The third-order valence-corrected chi connectivity index (χ3v) is 4.41. The number of carbonyl (C=O) groups excluding carboxylic acids is 1. The number of pyridine rings is 1. The van der Waals surface area contributed by atoms with Crippen LogP contribution in [-0.2, 0) is 12.8 Å². The van der Waals surface area contributed by atoms with Crippen molar-refractivity contribution < 1.29 is 22.7 Å². The summed E-state index contributed by atoms with van der Waals surface area (Å²) in [5.74, 6) is 0.427. The molecule has 156 valence electrons. The summed E-state index contributed by atoms with van der Waals surface area (Å²) >= 11 is 11.6. The minimum atomic E-state index is -4.52. The second-order valence-electron chi connectivity index (χ2n) is 6.05. The normalized spacial score (nSPS) is 11.1. The second-order valence-corrected chi connectivity index (χ2v) is 6.89. The van der Waals surface area contributed by atoms with E-state index in [0.717, 1.165) is 6.07 Å². The standard InChI is InChI=1S/C20H14Cl2F3N3O2/c21-13-1-3-14(4-2-13)27-19(29)28-15-5-7-16(8-6-15)30-11-18-17(22)9-12(10-26-18)20(23,24)25/h1-10H,11H2,(H2,27,28,29). The summed E-state index contributed by atoms with van der Waals surface area (Å²) in [6.45, 7) is -0.110. The van der Waals surface area contributed by atoms with Crippen molar-refractivity contribution in [1.29, 1.82) is 0 Å². The third kappa shape index (κ3) is 6.01. The fraction of sp³-hybridized carbons (Fsp3) is 0.100. The summed E-state index contributed by atoms with van der Waals surface area (Å²) in [5.41, 5.74) is 0.343. The smallest absolute Gasteiger partial charge is 0.417 e. The number of carbonyl (C=O) groups is 1. The first-order valence-electron chi connectivity index (χ1n) is 8.49. The van der Waals surface area contributed by atoms with Crippen LogP contribution in [0.25, 0.3) is 0 Å². The molecule has 0 atom stereocenters. The molecule has 3 aromatic rings. The molecule has 0 radical (unpaired) electrons. The summed E-state index contributed by atoms with van der Waals surface area (Å²) in [4.78, 5) is 15.7. The molecule has 1 aromatic heterocycles. The Morgan fingerprint density at radius 3 is 2.07 bits per heavy atom. The van der Waals surface area contributed by atoms with Gasteiger partial charge >= 0.3 is 12.2 Å². The number of benzene rings is 2. The van der Waals surface area contributed by atoms with Crippen molar-refractivity contribution in [3.8, 4) is 5.75 Å². The summed E-state index contributed by atoms with van der Waals surface area (Å²) < 4.78 is 43.4. The number of halogens is 5. The van der Waals surface area contributed by atoms with Gasteiger partial charge in [-0.1, -0.05) is 23.2 Å². The first-order valence-corrected chi connectivity index (χ1v) is 9.24. The van der Waals surface area contributed by atoms with Gasteiger partial charge in [0.25, 0.3) is 0 Å². The van der Waals surface area contributed by atoms with Gasteiger partial charge in [-0.3, -0.25) is 4.98 Å². The second kappa shape index (κ2) is 9.23. The number of aromatic nitrogens is 1. The predicted octanol–water partition coefficient (Wildman–Crippen LogP) is 6.63. The monoisotopic (exact) mass is 455 g/mol. The number of amides is 2. The molecule has 1 heterocycles. The highest BCUT2D eigenvalue weighted by Crippen LogP contribution is 2.31. The number of hydrogen-bond acceptors (Lipinski definition) is 3. The number of urea groups is 1. The Hall–Kier alpha value is -2.97. The van der Waals surface area contributed by atoms with E-state index in [4.69, 9.17) is 27.9 Å². The molecule has 30 heavy (non-hydrogen) atoms. The molecule has 5 nitrogen and oxygen atoms in total. The van der Waals surface area contributed by atoms with Gasteiger partial charge in [0.05, 0.1) is 16.3 Å². The highest BCUT2D eigenvalue weighted by Gasteiger charge is 2.31. The van der Waals surface area contributed by atoms with Gasteiger partial charge in [-0.2, -0.15) is 13.2 Å². The molecule has 0 spiro atoms. The SMILES string of the molecule is O=C(Nc1ccc(Cl)cc1)Nc1ccc(OCc2ncc(C(F)(F)F)cc2Cl)cc1. The van der Waals surface area contributed by atoms with Crippen LogP contribution in [0.3, 0.4) is 0 Å². The van der Waals surface area contributed by atoms with Crippen LogP contribution in [0.2, 0.25) is 10.0 Å². The van der Waals surface area contributed by atoms with Crippen LogP contribution in [0.4, 0.5) is 29.3 Å². The van der Waals surface area contributed by atoms with Crippen molar-refractivity contribution in [2.45, 2.75) is 12.8 Å².